The third-order valence-corrected chi connectivity index (χ3v) is 2.06. The zero-order chi connectivity index (χ0) is 12.7. The van der Waals surface area contributed by atoms with E-state index in [0.717, 1.165) is 12.0 Å². The standard InChI is InChI=1S/C10H16F3N3O/c11-10(12,13)8-17-5-1-4-16-7-9(2-3-14)6-15-16/h6-7H,1-5,8,14H2. The fourth-order valence-corrected chi connectivity index (χ4v) is 1.34. The largest absolute Gasteiger partial charge is 0.411 e. The molecule has 0 fully saturated rings. The van der Waals surface area contributed by atoms with Crippen LogP contribution in [0.2, 0.25) is 0 Å². The molecule has 2 N–H and O–H groups in total. The van der Waals surface area contributed by atoms with Gasteiger partial charge >= 0.3 is 6.18 Å². The van der Waals surface area contributed by atoms with Gasteiger partial charge in [0.25, 0.3) is 0 Å². The van der Waals surface area contributed by atoms with Crippen LogP contribution in [-0.2, 0) is 17.7 Å². The van der Waals surface area contributed by atoms with Crippen LogP contribution < -0.4 is 5.73 Å². The van der Waals surface area contributed by atoms with Gasteiger partial charge in [0.2, 0.25) is 0 Å². The quantitative estimate of drug-likeness (QED) is 0.744. The zero-order valence-corrected chi connectivity index (χ0v) is 9.41. The van der Waals surface area contributed by atoms with Gasteiger partial charge in [-0.15, -0.1) is 0 Å². The molecule has 0 aliphatic heterocycles. The maximum atomic E-state index is 11.7. The third kappa shape index (κ3) is 6.28. The van der Waals surface area contributed by atoms with Crippen LogP contribution in [0.25, 0.3) is 0 Å². The van der Waals surface area contributed by atoms with Gasteiger partial charge in [0.05, 0.1) is 6.20 Å². The predicted molar refractivity (Wildman–Crippen MR) is 56.5 cm³/mol. The Labute approximate surface area is 97.5 Å². The molecule has 0 amide bonds. The van der Waals surface area contributed by atoms with Crippen molar-refractivity contribution in [2.24, 2.45) is 5.73 Å². The highest BCUT2D eigenvalue weighted by Crippen LogP contribution is 2.14. The van der Waals surface area contributed by atoms with Crippen LogP contribution in [0, 0.1) is 0 Å². The second kappa shape index (κ2) is 6.61. The lowest BCUT2D eigenvalue weighted by Gasteiger charge is -2.07. The molecule has 0 spiro atoms. The van der Waals surface area contributed by atoms with Gasteiger partial charge in [0, 0.05) is 19.3 Å². The van der Waals surface area contributed by atoms with Crippen molar-refractivity contribution in [1.29, 1.82) is 0 Å². The number of aromatic nitrogens is 2. The van der Waals surface area contributed by atoms with Crippen molar-refractivity contribution < 1.29 is 17.9 Å². The molecule has 0 bridgehead atoms. The second-order valence-electron chi connectivity index (χ2n) is 3.67. The maximum Gasteiger partial charge on any atom is 0.411 e. The molecule has 0 aliphatic carbocycles. The van der Waals surface area contributed by atoms with Crippen LogP contribution in [0.3, 0.4) is 0 Å². The Hall–Kier alpha value is -1.08. The van der Waals surface area contributed by atoms with Gasteiger partial charge in [0.15, 0.2) is 0 Å². The van der Waals surface area contributed by atoms with E-state index in [9.17, 15) is 13.2 Å². The summed E-state index contributed by atoms with van der Waals surface area (Å²) in [4.78, 5) is 0. The molecule has 98 valence electrons. The number of rotatable bonds is 7. The first kappa shape index (κ1) is 14.0. The number of hydrogen-bond donors (Lipinski definition) is 1. The minimum absolute atomic E-state index is 0.0750. The number of nitrogens with zero attached hydrogens (tertiary/aromatic N) is 2. The summed E-state index contributed by atoms with van der Waals surface area (Å²) < 4.78 is 41.4. The lowest BCUT2D eigenvalue weighted by molar-refractivity contribution is -0.174. The minimum atomic E-state index is -4.25. The number of ether oxygens (including phenoxy) is 1. The summed E-state index contributed by atoms with van der Waals surface area (Å²) in [5.74, 6) is 0. The highest BCUT2D eigenvalue weighted by molar-refractivity contribution is 5.03. The van der Waals surface area contributed by atoms with Crippen molar-refractivity contribution >= 4 is 0 Å². The molecule has 4 nitrogen and oxygen atoms in total. The van der Waals surface area contributed by atoms with E-state index in [0.29, 0.717) is 19.5 Å². The van der Waals surface area contributed by atoms with Crippen molar-refractivity contribution in [2.75, 3.05) is 19.8 Å². The van der Waals surface area contributed by atoms with E-state index in [1.165, 1.54) is 0 Å². The van der Waals surface area contributed by atoms with Gasteiger partial charge in [-0.1, -0.05) is 0 Å². The zero-order valence-electron chi connectivity index (χ0n) is 9.41. The van der Waals surface area contributed by atoms with Gasteiger partial charge in [-0.3, -0.25) is 4.68 Å². The maximum absolute atomic E-state index is 11.7. The van der Waals surface area contributed by atoms with Crippen LogP contribution in [-0.4, -0.2) is 35.7 Å². The fourth-order valence-electron chi connectivity index (χ4n) is 1.34. The number of hydrogen-bond acceptors (Lipinski definition) is 3. The molecule has 0 radical (unpaired) electrons. The van der Waals surface area contributed by atoms with E-state index >= 15 is 0 Å². The topological polar surface area (TPSA) is 53.1 Å². The molecule has 1 aromatic heterocycles. The van der Waals surface area contributed by atoms with E-state index in [1.54, 1.807) is 10.9 Å². The predicted octanol–water partition coefficient (Wildman–Crippen LogP) is 1.35. The Morgan fingerprint density at radius 2 is 2.18 bits per heavy atom. The smallest absolute Gasteiger partial charge is 0.372 e. The van der Waals surface area contributed by atoms with Gasteiger partial charge in [0.1, 0.15) is 6.61 Å². The van der Waals surface area contributed by atoms with Crippen LogP contribution in [0.15, 0.2) is 12.4 Å². The highest BCUT2D eigenvalue weighted by atomic mass is 19.4. The molecule has 0 aromatic carbocycles. The first-order chi connectivity index (χ1) is 8.01. The average Bonchev–Trinajstić information content (AvgIpc) is 2.64. The van der Waals surface area contributed by atoms with E-state index in [-0.39, 0.29) is 6.61 Å². The molecular weight excluding hydrogens is 235 g/mol. The second-order valence-corrected chi connectivity index (χ2v) is 3.67. The normalized spacial score (nSPS) is 12.0. The van der Waals surface area contributed by atoms with Gasteiger partial charge < -0.3 is 10.5 Å². The first-order valence-electron chi connectivity index (χ1n) is 5.37. The summed E-state index contributed by atoms with van der Waals surface area (Å²) in [7, 11) is 0. The molecule has 1 rings (SSSR count). The summed E-state index contributed by atoms with van der Waals surface area (Å²) in [6, 6.07) is 0. The number of aryl methyl sites for hydroxylation is 1. The summed E-state index contributed by atoms with van der Waals surface area (Å²) in [5.41, 5.74) is 6.42. The molecular formula is C10H16F3N3O. The van der Waals surface area contributed by atoms with Crippen LogP contribution in [0.1, 0.15) is 12.0 Å². The average molecular weight is 251 g/mol. The van der Waals surface area contributed by atoms with Crippen LogP contribution >= 0.6 is 0 Å². The van der Waals surface area contributed by atoms with Crippen molar-refractivity contribution in [3.05, 3.63) is 18.0 Å². The molecule has 17 heavy (non-hydrogen) atoms. The highest BCUT2D eigenvalue weighted by Gasteiger charge is 2.27. The monoisotopic (exact) mass is 251 g/mol. The summed E-state index contributed by atoms with van der Waals surface area (Å²) in [6.07, 6.45) is 0.560. The Balaban J connectivity index is 2.13. The minimum Gasteiger partial charge on any atom is -0.372 e. The van der Waals surface area contributed by atoms with Crippen LogP contribution in [0.5, 0.6) is 0 Å². The van der Waals surface area contributed by atoms with E-state index in [1.807, 2.05) is 6.20 Å². The SMILES string of the molecule is NCCc1cnn(CCCOCC(F)(F)F)c1. The number of alkyl halides is 3. The summed E-state index contributed by atoms with van der Waals surface area (Å²) in [5, 5.41) is 4.06. The van der Waals surface area contributed by atoms with Crippen LogP contribution in [0.4, 0.5) is 13.2 Å². The Morgan fingerprint density at radius 1 is 1.41 bits per heavy atom. The lowest BCUT2D eigenvalue weighted by atomic mass is 10.3. The van der Waals surface area contributed by atoms with Gasteiger partial charge in [-0.05, 0) is 24.9 Å². The van der Waals surface area contributed by atoms with E-state index in [4.69, 9.17) is 5.73 Å². The van der Waals surface area contributed by atoms with E-state index < -0.39 is 12.8 Å². The fraction of sp³-hybridized carbons (Fsp3) is 0.700. The van der Waals surface area contributed by atoms with Crippen molar-refractivity contribution in [1.82, 2.24) is 9.78 Å². The van der Waals surface area contributed by atoms with E-state index in [2.05, 4.69) is 9.84 Å². The summed E-state index contributed by atoms with van der Waals surface area (Å²) >= 11 is 0. The number of nitrogens with two attached hydrogens (primary N) is 1. The molecule has 7 heteroatoms. The van der Waals surface area contributed by atoms with Crippen molar-refractivity contribution in [2.45, 2.75) is 25.6 Å². The molecule has 0 unspecified atom stereocenters. The van der Waals surface area contributed by atoms with Crippen molar-refractivity contribution in [3.8, 4) is 0 Å². The molecule has 0 saturated carbocycles. The molecule has 1 heterocycles. The van der Waals surface area contributed by atoms with Gasteiger partial charge in [-0.2, -0.15) is 18.3 Å². The summed E-state index contributed by atoms with van der Waals surface area (Å²) in [6.45, 7) is -0.0149. The Bertz CT molecular complexity index is 325. The Morgan fingerprint density at radius 3 is 2.82 bits per heavy atom. The first-order valence-corrected chi connectivity index (χ1v) is 5.37. The molecule has 0 aliphatic rings. The molecule has 0 saturated heterocycles. The van der Waals surface area contributed by atoms with Crippen molar-refractivity contribution in [3.63, 3.8) is 0 Å². The molecule has 0 atom stereocenters. The third-order valence-electron chi connectivity index (χ3n) is 2.06. The Kier molecular flexibility index (Phi) is 5.43. The van der Waals surface area contributed by atoms with Gasteiger partial charge in [-0.25, -0.2) is 0 Å². The number of halogens is 3. The lowest BCUT2D eigenvalue weighted by Crippen LogP contribution is -2.17. The molecule has 1 aromatic rings.